The third-order valence-electron chi connectivity index (χ3n) is 4.99. The maximum atomic E-state index is 11.0. The Morgan fingerprint density at radius 3 is 2.22 bits per heavy atom. The fourth-order valence-corrected chi connectivity index (χ4v) is 3.29. The van der Waals surface area contributed by atoms with Gasteiger partial charge in [0.25, 0.3) is 0 Å². The number of hydrogen-bond donors (Lipinski definition) is 1. The quantitative estimate of drug-likeness (QED) is 0.785. The van der Waals surface area contributed by atoms with E-state index in [1.807, 2.05) is 0 Å². The number of rotatable bonds is 1. The fraction of sp³-hybridized carbons (Fsp3) is 0.647. The normalized spacial score (nSPS) is 32.6. The molecule has 1 fully saturated rings. The first-order valence-electron chi connectivity index (χ1n) is 7.14. The summed E-state index contributed by atoms with van der Waals surface area (Å²) >= 11 is 0. The molecule has 1 aromatic rings. The minimum Gasteiger partial charge on any atom is -0.385 e. The molecule has 100 valence electrons. The first-order chi connectivity index (χ1) is 8.33. The zero-order valence-electron chi connectivity index (χ0n) is 12.4. The highest BCUT2D eigenvalue weighted by molar-refractivity contribution is 5.40. The van der Waals surface area contributed by atoms with Crippen molar-refractivity contribution in [1.82, 2.24) is 0 Å². The predicted molar refractivity (Wildman–Crippen MR) is 76.7 cm³/mol. The average Bonchev–Trinajstić information content (AvgIpc) is 2.29. The summed E-state index contributed by atoms with van der Waals surface area (Å²) in [6, 6.07) is 4.42. The lowest BCUT2D eigenvalue weighted by atomic mass is 9.69. The molecule has 1 nitrogen and oxygen atoms in total. The number of hydrogen-bond acceptors (Lipinski definition) is 1. The lowest BCUT2D eigenvalue weighted by molar-refractivity contribution is -0.0341. The minimum atomic E-state index is -0.603. The van der Waals surface area contributed by atoms with Crippen LogP contribution in [0.25, 0.3) is 0 Å². The number of aryl methyl sites for hydroxylation is 3. The molecule has 1 aliphatic carbocycles. The Hall–Kier alpha value is -0.820. The standard InChI is InChI=1S/C17H26O/c1-11-6-7-17(18,10-15(11)5)16-9-13(3)12(2)8-14(16)4/h8-9,11,15,18H,6-7,10H2,1-5H3. The Morgan fingerprint density at radius 1 is 1.00 bits per heavy atom. The molecule has 0 amide bonds. The van der Waals surface area contributed by atoms with E-state index in [1.54, 1.807) is 0 Å². The zero-order valence-corrected chi connectivity index (χ0v) is 12.4. The van der Waals surface area contributed by atoms with Crippen molar-refractivity contribution >= 4 is 0 Å². The minimum absolute atomic E-state index is 0.602. The van der Waals surface area contributed by atoms with Gasteiger partial charge in [-0.25, -0.2) is 0 Å². The highest BCUT2D eigenvalue weighted by atomic mass is 16.3. The molecule has 0 heterocycles. The van der Waals surface area contributed by atoms with Crippen LogP contribution in [0, 0.1) is 32.6 Å². The van der Waals surface area contributed by atoms with E-state index in [0.29, 0.717) is 5.92 Å². The van der Waals surface area contributed by atoms with Gasteiger partial charge in [0.2, 0.25) is 0 Å². The van der Waals surface area contributed by atoms with Gasteiger partial charge in [0.05, 0.1) is 5.60 Å². The Bertz CT molecular complexity index is 449. The summed E-state index contributed by atoms with van der Waals surface area (Å²) in [6.07, 6.45) is 2.93. The Morgan fingerprint density at radius 2 is 1.61 bits per heavy atom. The summed E-state index contributed by atoms with van der Waals surface area (Å²) in [5, 5.41) is 11.0. The summed E-state index contributed by atoms with van der Waals surface area (Å²) < 4.78 is 0. The molecular weight excluding hydrogens is 220 g/mol. The molecule has 3 unspecified atom stereocenters. The van der Waals surface area contributed by atoms with E-state index in [2.05, 4.69) is 46.8 Å². The van der Waals surface area contributed by atoms with E-state index in [4.69, 9.17) is 0 Å². The first-order valence-corrected chi connectivity index (χ1v) is 7.14. The van der Waals surface area contributed by atoms with E-state index in [9.17, 15) is 5.11 Å². The van der Waals surface area contributed by atoms with Crippen LogP contribution in [0.5, 0.6) is 0 Å². The van der Waals surface area contributed by atoms with Gasteiger partial charge in [0.15, 0.2) is 0 Å². The van der Waals surface area contributed by atoms with E-state index < -0.39 is 5.60 Å². The fourth-order valence-electron chi connectivity index (χ4n) is 3.29. The molecule has 0 saturated heterocycles. The van der Waals surface area contributed by atoms with Crippen LogP contribution in [-0.2, 0) is 5.60 Å². The molecule has 18 heavy (non-hydrogen) atoms. The second kappa shape index (κ2) is 4.70. The van der Waals surface area contributed by atoms with Crippen LogP contribution in [0.15, 0.2) is 12.1 Å². The predicted octanol–water partition coefficient (Wildman–Crippen LogP) is 4.26. The summed E-state index contributed by atoms with van der Waals surface area (Å²) in [5.74, 6) is 1.34. The van der Waals surface area contributed by atoms with Crippen LogP contribution in [0.1, 0.15) is 55.4 Å². The highest BCUT2D eigenvalue weighted by Gasteiger charge is 2.38. The molecule has 1 saturated carbocycles. The third-order valence-corrected chi connectivity index (χ3v) is 4.99. The molecule has 2 rings (SSSR count). The van der Waals surface area contributed by atoms with Crippen LogP contribution in [0.4, 0.5) is 0 Å². The lowest BCUT2D eigenvalue weighted by Crippen LogP contribution is -2.36. The Kier molecular flexibility index (Phi) is 3.55. The summed E-state index contributed by atoms with van der Waals surface area (Å²) in [5.41, 5.74) is 4.40. The largest absolute Gasteiger partial charge is 0.385 e. The maximum Gasteiger partial charge on any atom is 0.0902 e. The van der Waals surface area contributed by atoms with Crippen LogP contribution in [0.2, 0.25) is 0 Å². The van der Waals surface area contributed by atoms with Gasteiger partial charge < -0.3 is 5.11 Å². The van der Waals surface area contributed by atoms with Crippen LogP contribution < -0.4 is 0 Å². The molecule has 0 bridgehead atoms. The monoisotopic (exact) mass is 246 g/mol. The average molecular weight is 246 g/mol. The zero-order chi connectivity index (χ0) is 13.5. The molecule has 3 atom stereocenters. The van der Waals surface area contributed by atoms with Gasteiger partial charge in [-0.2, -0.15) is 0 Å². The second-order valence-electron chi connectivity index (χ2n) is 6.48. The Balaban J connectivity index is 2.39. The van der Waals surface area contributed by atoms with Crippen molar-refractivity contribution < 1.29 is 5.11 Å². The molecular formula is C17H26O. The van der Waals surface area contributed by atoms with Crippen molar-refractivity contribution in [3.8, 4) is 0 Å². The van der Waals surface area contributed by atoms with Gasteiger partial charge in [-0.1, -0.05) is 26.0 Å². The van der Waals surface area contributed by atoms with Crippen molar-refractivity contribution in [2.24, 2.45) is 11.8 Å². The molecule has 1 aromatic carbocycles. The molecule has 1 aliphatic rings. The maximum absolute atomic E-state index is 11.0. The van der Waals surface area contributed by atoms with Crippen molar-refractivity contribution in [2.45, 2.75) is 59.5 Å². The van der Waals surface area contributed by atoms with Gasteiger partial charge in [-0.05, 0) is 74.1 Å². The van der Waals surface area contributed by atoms with Crippen molar-refractivity contribution in [2.75, 3.05) is 0 Å². The lowest BCUT2D eigenvalue weighted by Gasteiger charge is -2.40. The van der Waals surface area contributed by atoms with E-state index in [1.165, 1.54) is 16.7 Å². The van der Waals surface area contributed by atoms with Crippen molar-refractivity contribution in [3.05, 3.63) is 34.4 Å². The van der Waals surface area contributed by atoms with Crippen LogP contribution in [-0.4, -0.2) is 5.11 Å². The summed E-state index contributed by atoms with van der Waals surface area (Å²) in [7, 11) is 0. The van der Waals surface area contributed by atoms with Crippen LogP contribution in [0.3, 0.4) is 0 Å². The van der Waals surface area contributed by atoms with Gasteiger partial charge in [0, 0.05) is 0 Å². The van der Waals surface area contributed by atoms with Gasteiger partial charge in [-0.15, -0.1) is 0 Å². The number of aliphatic hydroxyl groups is 1. The molecule has 0 aromatic heterocycles. The molecule has 0 radical (unpaired) electrons. The van der Waals surface area contributed by atoms with Crippen LogP contribution >= 0.6 is 0 Å². The summed E-state index contributed by atoms with van der Waals surface area (Å²) in [4.78, 5) is 0. The smallest absolute Gasteiger partial charge is 0.0902 e. The van der Waals surface area contributed by atoms with E-state index in [-0.39, 0.29) is 0 Å². The first kappa shape index (κ1) is 13.6. The molecule has 0 spiro atoms. The number of benzene rings is 1. The molecule has 1 N–H and O–H groups in total. The van der Waals surface area contributed by atoms with Gasteiger partial charge in [0.1, 0.15) is 0 Å². The van der Waals surface area contributed by atoms with E-state index >= 15 is 0 Å². The molecule has 1 heteroatoms. The van der Waals surface area contributed by atoms with Gasteiger partial charge >= 0.3 is 0 Å². The second-order valence-corrected chi connectivity index (χ2v) is 6.48. The topological polar surface area (TPSA) is 20.2 Å². The van der Waals surface area contributed by atoms with Gasteiger partial charge in [-0.3, -0.25) is 0 Å². The van der Waals surface area contributed by atoms with E-state index in [0.717, 1.165) is 30.7 Å². The third kappa shape index (κ3) is 2.33. The molecule has 0 aliphatic heterocycles. The highest BCUT2D eigenvalue weighted by Crippen LogP contribution is 2.43. The van der Waals surface area contributed by atoms with Crippen molar-refractivity contribution in [3.63, 3.8) is 0 Å². The SMILES string of the molecule is Cc1cc(C)c(C2(O)CCC(C)C(C)C2)cc1C. The van der Waals surface area contributed by atoms with Crippen molar-refractivity contribution in [1.29, 1.82) is 0 Å². The summed E-state index contributed by atoms with van der Waals surface area (Å²) in [6.45, 7) is 11.0. The Labute approximate surface area is 111 Å².